The van der Waals surface area contributed by atoms with E-state index >= 15 is 4.39 Å². The minimum atomic E-state index is -4.42. The second kappa shape index (κ2) is 9.84. The molecule has 4 rings (SSSR count). The Morgan fingerprint density at radius 1 is 0.853 bits per heavy atom. The third-order valence-electron chi connectivity index (χ3n) is 5.79. The number of alkyl halides is 3. The average Bonchev–Trinajstić information content (AvgIpc) is 2.81. The standard InChI is InChI=1S/C28H25F4NO/c1-3-4-5-14-34-22-10-6-19(7-11-22)23-12-8-20(16-25(23)29)27-15-18(2)24-17-21(28(30,31)32)9-13-26(24)33-27/h6-13,15-17H,3-5,14H2,1-2H3. The zero-order valence-corrected chi connectivity index (χ0v) is 19.0. The van der Waals surface area contributed by atoms with Gasteiger partial charge >= 0.3 is 6.18 Å². The Balaban J connectivity index is 1.58. The molecule has 6 heteroatoms. The second-order valence-electron chi connectivity index (χ2n) is 8.33. The Morgan fingerprint density at radius 2 is 1.59 bits per heavy atom. The van der Waals surface area contributed by atoms with E-state index in [1.54, 1.807) is 25.1 Å². The van der Waals surface area contributed by atoms with Gasteiger partial charge in [-0.2, -0.15) is 13.2 Å². The third kappa shape index (κ3) is 5.22. The molecule has 0 aliphatic rings. The summed E-state index contributed by atoms with van der Waals surface area (Å²) in [5, 5.41) is 0.424. The predicted octanol–water partition coefficient (Wildman–Crippen LogP) is 8.60. The molecule has 2 nitrogen and oxygen atoms in total. The number of unbranched alkanes of at least 4 members (excludes halogenated alkanes) is 2. The van der Waals surface area contributed by atoms with Gasteiger partial charge in [-0.05, 0) is 66.9 Å². The maximum Gasteiger partial charge on any atom is 0.416 e. The van der Waals surface area contributed by atoms with Crippen LogP contribution in [0.5, 0.6) is 5.75 Å². The van der Waals surface area contributed by atoms with E-state index in [0.29, 0.717) is 39.9 Å². The van der Waals surface area contributed by atoms with E-state index in [1.165, 1.54) is 12.1 Å². The van der Waals surface area contributed by atoms with Gasteiger partial charge in [0.1, 0.15) is 11.6 Å². The molecule has 0 saturated heterocycles. The van der Waals surface area contributed by atoms with Crippen molar-refractivity contribution in [3.63, 3.8) is 0 Å². The molecule has 0 unspecified atom stereocenters. The molecule has 0 aliphatic carbocycles. The monoisotopic (exact) mass is 467 g/mol. The zero-order valence-electron chi connectivity index (χ0n) is 19.0. The number of benzene rings is 3. The lowest BCUT2D eigenvalue weighted by atomic mass is 9.99. The first-order valence-electron chi connectivity index (χ1n) is 11.3. The molecule has 34 heavy (non-hydrogen) atoms. The molecule has 0 atom stereocenters. The van der Waals surface area contributed by atoms with E-state index < -0.39 is 17.6 Å². The Bertz CT molecular complexity index is 1300. The van der Waals surface area contributed by atoms with Crippen LogP contribution < -0.4 is 4.74 Å². The molecule has 0 amide bonds. The van der Waals surface area contributed by atoms with E-state index in [9.17, 15) is 13.2 Å². The number of pyridine rings is 1. The van der Waals surface area contributed by atoms with Crippen LogP contribution in [0.4, 0.5) is 17.6 Å². The Morgan fingerprint density at radius 3 is 2.26 bits per heavy atom. The SMILES string of the molecule is CCCCCOc1ccc(-c2ccc(-c3cc(C)c4cc(C(F)(F)F)ccc4n3)cc2F)cc1. The number of ether oxygens (including phenoxy) is 1. The van der Waals surface area contributed by atoms with Crippen LogP contribution in [-0.4, -0.2) is 11.6 Å². The van der Waals surface area contributed by atoms with Crippen molar-refractivity contribution in [1.29, 1.82) is 0 Å². The maximum atomic E-state index is 15.0. The molecule has 0 spiro atoms. The quantitative estimate of drug-likeness (QED) is 0.201. The summed E-state index contributed by atoms with van der Waals surface area (Å²) >= 11 is 0. The molecule has 4 aromatic rings. The van der Waals surface area contributed by atoms with Gasteiger partial charge in [-0.25, -0.2) is 9.37 Å². The largest absolute Gasteiger partial charge is 0.494 e. The van der Waals surface area contributed by atoms with Crippen LogP contribution in [0.1, 0.15) is 37.3 Å². The van der Waals surface area contributed by atoms with Crippen molar-refractivity contribution in [2.75, 3.05) is 6.61 Å². The van der Waals surface area contributed by atoms with Crippen molar-refractivity contribution in [2.45, 2.75) is 39.3 Å². The summed E-state index contributed by atoms with van der Waals surface area (Å²) in [6.07, 6.45) is -1.17. The van der Waals surface area contributed by atoms with Gasteiger partial charge in [0.2, 0.25) is 0 Å². The van der Waals surface area contributed by atoms with Crippen molar-refractivity contribution in [1.82, 2.24) is 4.98 Å². The number of aryl methyl sites for hydroxylation is 1. The van der Waals surface area contributed by atoms with Crippen LogP contribution in [-0.2, 0) is 6.18 Å². The van der Waals surface area contributed by atoms with Gasteiger partial charge in [-0.15, -0.1) is 0 Å². The molecule has 0 bridgehead atoms. The lowest BCUT2D eigenvalue weighted by Gasteiger charge is -2.12. The van der Waals surface area contributed by atoms with Crippen LogP contribution >= 0.6 is 0 Å². The van der Waals surface area contributed by atoms with Gasteiger partial charge in [0.15, 0.2) is 0 Å². The van der Waals surface area contributed by atoms with Crippen LogP contribution in [0.15, 0.2) is 66.7 Å². The summed E-state index contributed by atoms with van der Waals surface area (Å²) in [5.41, 5.74) is 2.60. The lowest BCUT2D eigenvalue weighted by Crippen LogP contribution is -2.04. The number of nitrogens with zero attached hydrogens (tertiary/aromatic N) is 1. The predicted molar refractivity (Wildman–Crippen MR) is 127 cm³/mol. The Hall–Kier alpha value is -3.41. The van der Waals surface area contributed by atoms with Gasteiger partial charge in [0.05, 0.1) is 23.4 Å². The minimum Gasteiger partial charge on any atom is -0.494 e. The first-order chi connectivity index (χ1) is 16.3. The minimum absolute atomic E-state index is 0.402. The normalized spacial score (nSPS) is 11.7. The molecular formula is C28H25F4NO. The van der Waals surface area contributed by atoms with E-state index in [2.05, 4.69) is 11.9 Å². The highest BCUT2D eigenvalue weighted by Crippen LogP contribution is 2.34. The fourth-order valence-corrected chi connectivity index (χ4v) is 3.90. The van der Waals surface area contributed by atoms with Gasteiger partial charge in [-0.1, -0.05) is 44.0 Å². The van der Waals surface area contributed by atoms with Crippen molar-refractivity contribution >= 4 is 10.9 Å². The summed E-state index contributed by atoms with van der Waals surface area (Å²) in [4.78, 5) is 4.48. The number of halogens is 4. The number of aromatic nitrogens is 1. The first-order valence-corrected chi connectivity index (χ1v) is 11.3. The van der Waals surface area contributed by atoms with E-state index in [-0.39, 0.29) is 0 Å². The first kappa shape index (κ1) is 23.7. The highest BCUT2D eigenvalue weighted by atomic mass is 19.4. The fourth-order valence-electron chi connectivity index (χ4n) is 3.90. The van der Waals surface area contributed by atoms with Gasteiger partial charge in [0, 0.05) is 16.5 Å². The van der Waals surface area contributed by atoms with Crippen LogP contribution in [0.2, 0.25) is 0 Å². The van der Waals surface area contributed by atoms with Crippen molar-refractivity contribution in [3.05, 3.63) is 83.7 Å². The number of rotatable bonds is 7. The summed E-state index contributed by atoms with van der Waals surface area (Å²) < 4.78 is 59.9. The maximum absolute atomic E-state index is 15.0. The highest BCUT2D eigenvalue weighted by molar-refractivity contribution is 5.86. The Labute approximate surface area is 196 Å². The summed E-state index contributed by atoms with van der Waals surface area (Å²) in [5.74, 6) is 0.350. The summed E-state index contributed by atoms with van der Waals surface area (Å²) in [6, 6.07) is 17.3. The molecular weight excluding hydrogens is 442 g/mol. The van der Waals surface area contributed by atoms with E-state index in [4.69, 9.17) is 4.74 Å². The van der Waals surface area contributed by atoms with Crippen LogP contribution in [0, 0.1) is 12.7 Å². The molecule has 176 valence electrons. The van der Waals surface area contributed by atoms with Crippen molar-refractivity contribution in [2.24, 2.45) is 0 Å². The van der Waals surface area contributed by atoms with Crippen molar-refractivity contribution < 1.29 is 22.3 Å². The number of fused-ring (bicyclic) bond motifs is 1. The zero-order chi connectivity index (χ0) is 24.3. The van der Waals surface area contributed by atoms with Gasteiger partial charge in [-0.3, -0.25) is 0 Å². The molecule has 0 fully saturated rings. The number of hydrogen-bond donors (Lipinski definition) is 0. The second-order valence-corrected chi connectivity index (χ2v) is 8.33. The van der Waals surface area contributed by atoms with Crippen LogP contribution in [0.25, 0.3) is 33.3 Å². The average molecular weight is 468 g/mol. The topological polar surface area (TPSA) is 22.1 Å². The van der Waals surface area contributed by atoms with Gasteiger partial charge < -0.3 is 4.74 Å². The molecule has 1 heterocycles. The molecule has 0 saturated carbocycles. The number of hydrogen-bond acceptors (Lipinski definition) is 2. The van der Waals surface area contributed by atoms with E-state index in [0.717, 1.165) is 42.7 Å². The third-order valence-corrected chi connectivity index (χ3v) is 5.79. The van der Waals surface area contributed by atoms with Crippen molar-refractivity contribution in [3.8, 4) is 28.1 Å². The van der Waals surface area contributed by atoms with Crippen LogP contribution in [0.3, 0.4) is 0 Å². The summed E-state index contributed by atoms with van der Waals surface area (Å²) in [6.45, 7) is 4.52. The lowest BCUT2D eigenvalue weighted by molar-refractivity contribution is -0.137. The molecule has 0 radical (unpaired) electrons. The fraction of sp³-hybridized carbons (Fsp3) is 0.250. The van der Waals surface area contributed by atoms with E-state index in [1.807, 2.05) is 24.3 Å². The van der Waals surface area contributed by atoms with Gasteiger partial charge in [0.25, 0.3) is 0 Å². The smallest absolute Gasteiger partial charge is 0.416 e. The Kier molecular flexibility index (Phi) is 6.87. The summed E-state index contributed by atoms with van der Waals surface area (Å²) in [7, 11) is 0. The molecule has 0 N–H and O–H groups in total. The molecule has 1 aromatic heterocycles. The molecule has 3 aromatic carbocycles. The highest BCUT2D eigenvalue weighted by Gasteiger charge is 2.30. The molecule has 0 aliphatic heterocycles.